The maximum absolute atomic E-state index is 12.1. The first-order valence-corrected chi connectivity index (χ1v) is 7.35. The summed E-state index contributed by atoms with van der Waals surface area (Å²) in [6, 6.07) is 5.95. The van der Waals surface area contributed by atoms with E-state index in [9.17, 15) is 18.0 Å². The Labute approximate surface area is 111 Å². The topological polar surface area (TPSA) is 83.6 Å². The van der Waals surface area contributed by atoms with Gasteiger partial charge in [0.25, 0.3) is 15.9 Å². The predicted molar refractivity (Wildman–Crippen MR) is 68.0 cm³/mol. The molecular weight excluding hydrogens is 268 g/mol. The molecule has 19 heavy (non-hydrogen) atoms. The van der Waals surface area contributed by atoms with E-state index in [4.69, 9.17) is 0 Å². The van der Waals surface area contributed by atoms with Crippen LogP contribution in [-0.4, -0.2) is 37.6 Å². The predicted octanol–water partition coefficient (Wildman–Crippen LogP) is 0.357. The Bertz CT molecular complexity index is 624. The van der Waals surface area contributed by atoms with Gasteiger partial charge in [0.1, 0.15) is 11.4 Å². The second kappa shape index (κ2) is 5.00. The SMILES string of the molecule is CCCNC(=O)CN1C(=O)c2ccccc2S1(=O)=O. The van der Waals surface area contributed by atoms with Crippen LogP contribution in [0.4, 0.5) is 0 Å². The fraction of sp³-hybridized carbons (Fsp3) is 0.333. The monoisotopic (exact) mass is 282 g/mol. The van der Waals surface area contributed by atoms with E-state index in [1.54, 1.807) is 12.1 Å². The van der Waals surface area contributed by atoms with Gasteiger partial charge in [0.2, 0.25) is 5.91 Å². The number of nitrogens with one attached hydrogen (secondary N) is 1. The van der Waals surface area contributed by atoms with Crippen LogP contribution in [0.3, 0.4) is 0 Å². The van der Waals surface area contributed by atoms with E-state index in [0.29, 0.717) is 10.8 Å². The lowest BCUT2D eigenvalue weighted by Gasteiger charge is -2.14. The van der Waals surface area contributed by atoms with Crippen molar-refractivity contribution in [2.24, 2.45) is 0 Å². The third-order valence-corrected chi connectivity index (χ3v) is 4.56. The normalized spacial score (nSPS) is 16.3. The molecule has 0 saturated heterocycles. The van der Waals surface area contributed by atoms with Crippen molar-refractivity contribution < 1.29 is 18.0 Å². The number of hydrogen-bond acceptors (Lipinski definition) is 4. The van der Waals surface area contributed by atoms with E-state index in [1.165, 1.54) is 12.1 Å². The molecule has 6 nitrogen and oxygen atoms in total. The van der Waals surface area contributed by atoms with Crippen LogP contribution >= 0.6 is 0 Å². The number of fused-ring (bicyclic) bond motifs is 1. The van der Waals surface area contributed by atoms with E-state index in [0.717, 1.165) is 6.42 Å². The zero-order chi connectivity index (χ0) is 14.0. The fourth-order valence-electron chi connectivity index (χ4n) is 1.84. The molecule has 0 spiro atoms. The van der Waals surface area contributed by atoms with Crippen molar-refractivity contribution >= 4 is 21.8 Å². The van der Waals surface area contributed by atoms with Gasteiger partial charge >= 0.3 is 0 Å². The summed E-state index contributed by atoms with van der Waals surface area (Å²) in [7, 11) is -3.89. The van der Waals surface area contributed by atoms with E-state index >= 15 is 0 Å². The first kappa shape index (κ1) is 13.5. The second-order valence-corrected chi connectivity index (χ2v) is 5.99. The third kappa shape index (κ3) is 2.33. The van der Waals surface area contributed by atoms with E-state index in [-0.39, 0.29) is 10.5 Å². The number of rotatable bonds is 4. The van der Waals surface area contributed by atoms with Crippen molar-refractivity contribution in [3.63, 3.8) is 0 Å². The molecule has 0 aromatic heterocycles. The number of sulfonamides is 1. The highest BCUT2D eigenvalue weighted by atomic mass is 32.2. The van der Waals surface area contributed by atoms with Crippen LogP contribution in [0.2, 0.25) is 0 Å². The zero-order valence-electron chi connectivity index (χ0n) is 10.4. The lowest BCUT2D eigenvalue weighted by atomic mass is 10.2. The molecule has 0 bridgehead atoms. The molecule has 0 radical (unpaired) electrons. The Morgan fingerprint density at radius 2 is 2.00 bits per heavy atom. The molecule has 2 rings (SSSR count). The molecule has 0 atom stereocenters. The zero-order valence-corrected chi connectivity index (χ0v) is 11.2. The number of hydrogen-bond donors (Lipinski definition) is 1. The minimum absolute atomic E-state index is 0.0386. The molecular formula is C12H14N2O4S. The summed E-state index contributed by atoms with van der Waals surface area (Å²) in [4.78, 5) is 23.5. The molecule has 7 heteroatoms. The van der Waals surface area contributed by atoms with Gasteiger partial charge in [0, 0.05) is 6.54 Å². The highest BCUT2D eigenvalue weighted by Crippen LogP contribution is 2.29. The Morgan fingerprint density at radius 3 is 2.63 bits per heavy atom. The van der Waals surface area contributed by atoms with Crippen LogP contribution in [-0.2, 0) is 14.8 Å². The minimum atomic E-state index is -3.89. The number of carbonyl (C=O) groups excluding carboxylic acids is 2. The van der Waals surface area contributed by atoms with Gasteiger partial charge in [-0.05, 0) is 18.6 Å². The van der Waals surface area contributed by atoms with Crippen LogP contribution in [0, 0.1) is 0 Å². The Hall–Kier alpha value is -1.89. The molecule has 1 aromatic carbocycles. The van der Waals surface area contributed by atoms with Gasteiger partial charge in [0.05, 0.1) is 5.56 Å². The molecule has 1 aliphatic heterocycles. The average Bonchev–Trinajstić information content (AvgIpc) is 2.58. The van der Waals surface area contributed by atoms with Crippen molar-refractivity contribution in [1.82, 2.24) is 9.62 Å². The molecule has 2 amide bonds. The van der Waals surface area contributed by atoms with E-state index < -0.39 is 28.4 Å². The molecule has 1 N–H and O–H groups in total. The fourth-order valence-corrected chi connectivity index (χ4v) is 3.36. The Balaban J connectivity index is 2.26. The van der Waals surface area contributed by atoms with Crippen LogP contribution in [0.1, 0.15) is 23.7 Å². The standard InChI is InChI=1S/C12H14N2O4S/c1-2-7-13-11(15)8-14-12(16)9-5-3-4-6-10(9)19(14,17)18/h3-6H,2,7-8H2,1H3,(H,13,15). The molecule has 1 aromatic rings. The summed E-state index contributed by atoms with van der Waals surface area (Å²) >= 11 is 0. The summed E-state index contributed by atoms with van der Waals surface area (Å²) in [6.07, 6.45) is 0.743. The second-order valence-electron chi connectivity index (χ2n) is 4.16. The van der Waals surface area contributed by atoms with Crippen molar-refractivity contribution in [2.45, 2.75) is 18.2 Å². The van der Waals surface area contributed by atoms with Gasteiger partial charge in [-0.15, -0.1) is 0 Å². The number of carbonyl (C=O) groups is 2. The van der Waals surface area contributed by atoms with Gasteiger partial charge in [-0.25, -0.2) is 12.7 Å². The maximum Gasteiger partial charge on any atom is 0.269 e. The number of amides is 2. The summed E-state index contributed by atoms with van der Waals surface area (Å²) in [5, 5.41) is 2.55. The van der Waals surface area contributed by atoms with Gasteiger partial charge in [-0.3, -0.25) is 9.59 Å². The van der Waals surface area contributed by atoms with Gasteiger partial charge < -0.3 is 5.32 Å². The Morgan fingerprint density at radius 1 is 1.32 bits per heavy atom. The first-order valence-electron chi connectivity index (χ1n) is 5.91. The Kier molecular flexibility index (Phi) is 3.57. The number of benzene rings is 1. The third-order valence-electron chi connectivity index (χ3n) is 2.77. The maximum atomic E-state index is 12.1. The molecule has 0 fully saturated rings. The van der Waals surface area contributed by atoms with Crippen molar-refractivity contribution in [3.8, 4) is 0 Å². The largest absolute Gasteiger partial charge is 0.355 e. The molecule has 1 aliphatic rings. The summed E-state index contributed by atoms with van der Waals surface area (Å²) in [5.41, 5.74) is 0.116. The molecule has 0 aliphatic carbocycles. The summed E-state index contributed by atoms with van der Waals surface area (Å²) in [5.74, 6) is -1.13. The minimum Gasteiger partial charge on any atom is -0.355 e. The lowest BCUT2D eigenvalue weighted by molar-refractivity contribution is -0.121. The van der Waals surface area contributed by atoms with Gasteiger partial charge in [0.15, 0.2) is 0 Å². The quantitative estimate of drug-likeness (QED) is 0.864. The highest BCUT2D eigenvalue weighted by molar-refractivity contribution is 7.90. The average molecular weight is 282 g/mol. The summed E-state index contributed by atoms with van der Waals surface area (Å²) < 4.78 is 24.9. The first-order chi connectivity index (χ1) is 8.98. The number of nitrogens with zero attached hydrogens (tertiary/aromatic N) is 1. The molecule has 0 unspecified atom stereocenters. The van der Waals surface area contributed by atoms with Crippen LogP contribution in [0.5, 0.6) is 0 Å². The lowest BCUT2D eigenvalue weighted by Crippen LogP contribution is -2.40. The van der Waals surface area contributed by atoms with Gasteiger partial charge in [-0.1, -0.05) is 19.1 Å². The molecule has 102 valence electrons. The van der Waals surface area contributed by atoms with Crippen LogP contribution < -0.4 is 5.32 Å². The van der Waals surface area contributed by atoms with Crippen molar-refractivity contribution in [1.29, 1.82) is 0 Å². The van der Waals surface area contributed by atoms with E-state index in [2.05, 4.69) is 5.32 Å². The summed E-state index contributed by atoms with van der Waals surface area (Å²) in [6.45, 7) is 1.86. The van der Waals surface area contributed by atoms with Gasteiger partial charge in [-0.2, -0.15) is 0 Å². The molecule has 1 heterocycles. The highest BCUT2D eigenvalue weighted by Gasteiger charge is 2.41. The molecule has 0 saturated carbocycles. The van der Waals surface area contributed by atoms with Crippen molar-refractivity contribution in [3.05, 3.63) is 29.8 Å². The van der Waals surface area contributed by atoms with Crippen LogP contribution in [0.25, 0.3) is 0 Å². The van der Waals surface area contributed by atoms with Crippen LogP contribution in [0.15, 0.2) is 29.2 Å². The smallest absolute Gasteiger partial charge is 0.269 e. The van der Waals surface area contributed by atoms with Crippen molar-refractivity contribution in [2.75, 3.05) is 13.1 Å². The van der Waals surface area contributed by atoms with E-state index in [1.807, 2.05) is 6.92 Å².